The van der Waals surface area contributed by atoms with Crippen molar-refractivity contribution in [3.8, 4) is 11.5 Å². The highest BCUT2D eigenvalue weighted by atomic mass is 16.1. The highest BCUT2D eigenvalue weighted by molar-refractivity contribution is 5.48. The van der Waals surface area contributed by atoms with Gasteiger partial charge in [-0.1, -0.05) is 12.1 Å². The summed E-state index contributed by atoms with van der Waals surface area (Å²) in [5.74, 6) is 0.784. The number of hydrogen-bond donors (Lipinski definition) is 1. The summed E-state index contributed by atoms with van der Waals surface area (Å²) in [6.45, 7) is 2.76. The van der Waals surface area contributed by atoms with Gasteiger partial charge in [0, 0.05) is 37.5 Å². The summed E-state index contributed by atoms with van der Waals surface area (Å²) in [5.41, 5.74) is 2.48. The van der Waals surface area contributed by atoms with Gasteiger partial charge in [-0.25, -0.2) is 4.98 Å². The van der Waals surface area contributed by atoms with E-state index in [-0.39, 0.29) is 11.5 Å². The first kappa shape index (κ1) is 16.6. The molecule has 1 aliphatic heterocycles. The zero-order valence-electron chi connectivity index (χ0n) is 14.5. The molecule has 132 valence electrons. The lowest BCUT2D eigenvalue weighted by atomic mass is 9.94. The minimum Gasteiger partial charge on any atom is -0.305 e. The summed E-state index contributed by atoms with van der Waals surface area (Å²) in [6.07, 6.45) is 5.66. The standard InChI is InChI=1S/C20H21N5O/c26-19-12-18(23-20(24-19)17-8-2-4-10-22-17)15-6-5-11-25(13-15)14-16-7-1-3-9-21-16/h1-4,7-10,12,15H,5-6,11,13-14H2,(H,23,24,26). The Morgan fingerprint density at radius 2 is 1.96 bits per heavy atom. The van der Waals surface area contributed by atoms with E-state index in [1.165, 1.54) is 0 Å². The quantitative estimate of drug-likeness (QED) is 0.785. The van der Waals surface area contributed by atoms with Crippen LogP contribution < -0.4 is 5.56 Å². The molecule has 0 radical (unpaired) electrons. The van der Waals surface area contributed by atoms with Gasteiger partial charge in [0.05, 0.1) is 11.4 Å². The van der Waals surface area contributed by atoms with Crippen molar-refractivity contribution < 1.29 is 0 Å². The predicted octanol–water partition coefficient (Wildman–Crippen LogP) is 2.61. The van der Waals surface area contributed by atoms with Crippen molar-refractivity contribution in [2.45, 2.75) is 25.3 Å². The molecular formula is C20H21N5O. The molecule has 3 aromatic rings. The van der Waals surface area contributed by atoms with Crippen molar-refractivity contribution in [1.29, 1.82) is 0 Å². The van der Waals surface area contributed by atoms with Crippen molar-refractivity contribution in [2.24, 2.45) is 0 Å². The average molecular weight is 347 g/mol. The number of piperidine rings is 1. The third-order valence-corrected chi connectivity index (χ3v) is 4.70. The van der Waals surface area contributed by atoms with Gasteiger partial charge in [-0.2, -0.15) is 0 Å². The maximum Gasteiger partial charge on any atom is 0.251 e. The van der Waals surface area contributed by atoms with Crippen molar-refractivity contribution >= 4 is 0 Å². The largest absolute Gasteiger partial charge is 0.305 e. The van der Waals surface area contributed by atoms with E-state index in [9.17, 15) is 4.79 Å². The van der Waals surface area contributed by atoms with Gasteiger partial charge < -0.3 is 4.98 Å². The fourth-order valence-corrected chi connectivity index (χ4v) is 3.47. The molecule has 0 aromatic carbocycles. The van der Waals surface area contributed by atoms with Gasteiger partial charge in [0.25, 0.3) is 5.56 Å². The van der Waals surface area contributed by atoms with Crippen LogP contribution in [0.2, 0.25) is 0 Å². The molecule has 4 heterocycles. The third-order valence-electron chi connectivity index (χ3n) is 4.70. The van der Waals surface area contributed by atoms with Crippen molar-refractivity contribution in [3.05, 3.63) is 76.6 Å². The Kier molecular flexibility index (Phi) is 4.84. The second-order valence-corrected chi connectivity index (χ2v) is 6.63. The molecule has 1 N–H and O–H groups in total. The van der Waals surface area contributed by atoms with Gasteiger partial charge in [-0.3, -0.25) is 19.7 Å². The molecule has 1 atom stereocenters. The van der Waals surface area contributed by atoms with Crippen molar-refractivity contribution in [2.75, 3.05) is 13.1 Å². The second-order valence-electron chi connectivity index (χ2n) is 6.63. The molecule has 6 heteroatoms. The van der Waals surface area contributed by atoms with Gasteiger partial charge in [0.15, 0.2) is 5.82 Å². The summed E-state index contributed by atoms with van der Waals surface area (Å²) < 4.78 is 0. The molecule has 4 rings (SSSR count). The Balaban J connectivity index is 1.55. The van der Waals surface area contributed by atoms with Crippen LogP contribution in [0.3, 0.4) is 0 Å². The number of aromatic nitrogens is 4. The maximum absolute atomic E-state index is 12.2. The van der Waals surface area contributed by atoms with Crippen LogP contribution in [-0.4, -0.2) is 37.9 Å². The molecule has 26 heavy (non-hydrogen) atoms. The fourth-order valence-electron chi connectivity index (χ4n) is 3.47. The highest BCUT2D eigenvalue weighted by Crippen LogP contribution is 2.26. The Bertz CT molecular complexity index is 910. The number of H-pyrrole nitrogens is 1. The Morgan fingerprint density at radius 3 is 2.73 bits per heavy atom. The van der Waals surface area contributed by atoms with Crippen LogP contribution in [0, 0.1) is 0 Å². The molecule has 1 fully saturated rings. The Labute approximate surface area is 152 Å². The molecule has 0 aliphatic carbocycles. The zero-order chi connectivity index (χ0) is 17.8. The summed E-state index contributed by atoms with van der Waals surface area (Å²) in [7, 11) is 0. The summed E-state index contributed by atoms with van der Waals surface area (Å²) in [5, 5.41) is 0. The van der Waals surface area contributed by atoms with E-state index >= 15 is 0 Å². The topological polar surface area (TPSA) is 74.8 Å². The van der Waals surface area contributed by atoms with E-state index in [1.54, 1.807) is 12.3 Å². The van der Waals surface area contributed by atoms with E-state index < -0.39 is 0 Å². The average Bonchev–Trinajstić information content (AvgIpc) is 2.69. The minimum atomic E-state index is -0.127. The van der Waals surface area contributed by atoms with Crippen LogP contribution in [0.15, 0.2) is 59.7 Å². The molecule has 0 saturated carbocycles. The normalized spacial score (nSPS) is 17.9. The first-order chi connectivity index (χ1) is 12.8. The predicted molar refractivity (Wildman–Crippen MR) is 99.6 cm³/mol. The molecule has 0 amide bonds. The zero-order valence-corrected chi connectivity index (χ0v) is 14.5. The van der Waals surface area contributed by atoms with Crippen LogP contribution >= 0.6 is 0 Å². The summed E-state index contributed by atoms with van der Waals surface area (Å²) in [6, 6.07) is 13.2. The lowest BCUT2D eigenvalue weighted by molar-refractivity contribution is 0.196. The fraction of sp³-hybridized carbons (Fsp3) is 0.300. The number of pyridine rings is 2. The van der Waals surface area contributed by atoms with E-state index in [2.05, 4.69) is 19.9 Å². The Hall–Kier alpha value is -2.86. The van der Waals surface area contributed by atoms with E-state index in [1.807, 2.05) is 42.6 Å². The number of likely N-dealkylation sites (tertiary alicyclic amines) is 1. The SMILES string of the molecule is O=c1cc(C2CCCN(Cc3ccccn3)C2)nc(-c2ccccn2)[nH]1. The van der Waals surface area contributed by atoms with Crippen LogP contribution in [0.1, 0.15) is 30.1 Å². The van der Waals surface area contributed by atoms with E-state index in [0.29, 0.717) is 11.5 Å². The lowest BCUT2D eigenvalue weighted by Crippen LogP contribution is -2.34. The van der Waals surface area contributed by atoms with Gasteiger partial charge in [0.2, 0.25) is 0 Å². The number of aromatic amines is 1. The summed E-state index contributed by atoms with van der Waals surface area (Å²) in [4.78, 5) is 30.8. The first-order valence-electron chi connectivity index (χ1n) is 8.93. The van der Waals surface area contributed by atoms with Crippen molar-refractivity contribution in [3.63, 3.8) is 0 Å². The van der Waals surface area contributed by atoms with E-state index in [0.717, 1.165) is 43.9 Å². The lowest BCUT2D eigenvalue weighted by Gasteiger charge is -2.32. The van der Waals surface area contributed by atoms with Gasteiger partial charge in [0.1, 0.15) is 5.69 Å². The highest BCUT2D eigenvalue weighted by Gasteiger charge is 2.23. The number of hydrogen-bond acceptors (Lipinski definition) is 5. The maximum atomic E-state index is 12.2. The van der Waals surface area contributed by atoms with Crippen LogP contribution in [0.25, 0.3) is 11.5 Å². The molecule has 1 aliphatic rings. The molecule has 0 spiro atoms. The van der Waals surface area contributed by atoms with Crippen LogP contribution in [0.5, 0.6) is 0 Å². The first-order valence-corrected chi connectivity index (χ1v) is 8.93. The minimum absolute atomic E-state index is 0.127. The molecule has 6 nitrogen and oxygen atoms in total. The van der Waals surface area contributed by atoms with Gasteiger partial charge in [-0.05, 0) is 43.7 Å². The number of nitrogens with one attached hydrogen (secondary N) is 1. The second kappa shape index (κ2) is 7.58. The van der Waals surface area contributed by atoms with E-state index in [4.69, 9.17) is 4.98 Å². The molecule has 0 bridgehead atoms. The molecule has 3 aromatic heterocycles. The van der Waals surface area contributed by atoms with Crippen LogP contribution in [0.4, 0.5) is 0 Å². The number of nitrogens with zero attached hydrogens (tertiary/aromatic N) is 4. The van der Waals surface area contributed by atoms with Crippen molar-refractivity contribution in [1.82, 2.24) is 24.8 Å². The molecule has 1 unspecified atom stereocenters. The smallest absolute Gasteiger partial charge is 0.251 e. The Morgan fingerprint density at radius 1 is 1.12 bits per heavy atom. The number of rotatable bonds is 4. The monoisotopic (exact) mass is 347 g/mol. The molecule has 1 saturated heterocycles. The van der Waals surface area contributed by atoms with Gasteiger partial charge in [-0.15, -0.1) is 0 Å². The molecular weight excluding hydrogens is 326 g/mol. The van der Waals surface area contributed by atoms with Gasteiger partial charge >= 0.3 is 0 Å². The third kappa shape index (κ3) is 3.86. The van der Waals surface area contributed by atoms with Crippen LogP contribution in [-0.2, 0) is 6.54 Å². The summed E-state index contributed by atoms with van der Waals surface area (Å²) >= 11 is 0.